The zero-order valence-corrected chi connectivity index (χ0v) is 23.3. The predicted molar refractivity (Wildman–Crippen MR) is 150 cm³/mol. The van der Waals surface area contributed by atoms with Crippen LogP contribution in [0.3, 0.4) is 0 Å². The molecule has 1 aromatic carbocycles. The highest BCUT2D eigenvalue weighted by Gasteiger charge is 2.28. The zero-order valence-electron chi connectivity index (χ0n) is 23.3. The van der Waals surface area contributed by atoms with Gasteiger partial charge in [0.15, 0.2) is 0 Å². The molecule has 0 spiro atoms. The number of amides is 1. The highest BCUT2D eigenvalue weighted by molar-refractivity contribution is 5.71. The summed E-state index contributed by atoms with van der Waals surface area (Å²) in [6.45, 7) is 8.27. The summed E-state index contributed by atoms with van der Waals surface area (Å²) in [5.41, 5.74) is 2.69. The number of carbonyl (C=O) groups excluding carboxylic acids is 1. The van der Waals surface area contributed by atoms with E-state index in [-0.39, 0.29) is 18.2 Å². The summed E-state index contributed by atoms with van der Waals surface area (Å²) in [7, 11) is 0. The van der Waals surface area contributed by atoms with E-state index < -0.39 is 5.60 Å². The van der Waals surface area contributed by atoms with Crippen molar-refractivity contribution in [1.82, 2.24) is 19.7 Å². The molecule has 0 radical (unpaired) electrons. The van der Waals surface area contributed by atoms with E-state index >= 15 is 0 Å². The molecule has 1 amide bonds. The maximum atomic E-state index is 12.4. The fraction of sp³-hybridized carbons (Fsp3) is 0.467. The number of carbonyl (C=O) groups is 1. The van der Waals surface area contributed by atoms with Crippen molar-refractivity contribution in [2.24, 2.45) is 0 Å². The van der Waals surface area contributed by atoms with Crippen molar-refractivity contribution in [3.05, 3.63) is 54.5 Å². The molecule has 210 valence electrons. The molecular weight excluding hydrogens is 508 g/mol. The van der Waals surface area contributed by atoms with Gasteiger partial charge in [0, 0.05) is 38.3 Å². The Bertz CT molecular complexity index is 1360. The van der Waals surface area contributed by atoms with E-state index in [1.807, 2.05) is 62.0 Å². The number of nitriles is 1. The molecule has 0 atom stereocenters. The molecule has 3 aromatic rings. The van der Waals surface area contributed by atoms with Crippen LogP contribution in [0, 0.1) is 11.3 Å². The Morgan fingerprint density at radius 1 is 1.10 bits per heavy atom. The Hall–Kier alpha value is -4.10. The summed E-state index contributed by atoms with van der Waals surface area (Å²) in [6.07, 6.45) is 8.58. The number of nitrogens with one attached hydrogen (secondary N) is 1. The first kappa shape index (κ1) is 27.5. The number of likely N-dealkylation sites (tertiary alicyclic amines) is 1. The van der Waals surface area contributed by atoms with E-state index in [4.69, 9.17) is 14.2 Å². The Morgan fingerprint density at radius 2 is 1.85 bits per heavy atom. The van der Waals surface area contributed by atoms with Crippen LogP contribution in [0.4, 0.5) is 16.3 Å². The van der Waals surface area contributed by atoms with Crippen LogP contribution in [0.1, 0.15) is 58.1 Å². The molecule has 2 aliphatic heterocycles. The highest BCUT2D eigenvalue weighted by atomic mass is 16.6. The van der Waals surface area contributed by atoms with E-state index in [9.17, 15) is 10.1 Å². The van der Waals surface area contributed by atoms with Crippen molar-refractivity contribution in [2.45, 2.75) is 64.2 Å². The molecule has 10 nitrogen and oxygen atoms in total. The molecule has 0 saturated carbocycles. The second kappa shape index (κ2) is 12.0. The fourth-order valence-electron chi connectivity index (χ4n) is 4.94. The average molecular weight is 545 g/mol. The number of hydrogen-bond donors (Lipinski definition) is 1. The van der Waals surface area contributed by atoms with Gasteiger partial charge in [0.1, 0.15) is 29.3 Å². The standard InChI is InChI=1S/C30H36N6O4/c1-30(2,3)40-29(37)35-12-7-25(8-13-35)36-20-24(19-33-36)34-28-17-22(6-11-32-28)21-4-5-27(23(16-21)18-31)39-26-9-14-38-15-10-26/h4-6,11,16-17,19-20,25-26H,7-10,12-15H2,1-3H3,(H,32,34). The van der Waals surface area contributed by atoms with Crippen LogP contribution in [0.2, 0.25) is 0 Å². The maximum Gasteiger partial charge on any atom is 0.410 e. The molecule has 40 heavy (non-hydrogen) atoms. The number of pyridine rings is 1. The van der Waals surface area contributed by atoms with Crippen LogP contribution in [-0.4, -0.2) is 63.8 Å². The maximum absolute atomic E-state index is 12.4. The first-order valence-electron chi connectivity index (χ1n) is 13.8. The Kier molecular flexibility index (Phi) is 8.21. The van der Waals surface area contributed by atoms with E-state index in [2.05, 4.69) is 21.5 Å². The largest absolute Gasteiger partial charge is 0.489 e. The third-order valence-corrected chi connectivity index (χ3v) is 7.02. The number of anilines is 2. The summed E-state index contributed by atoms with van der Waals surface area (Å²) in [4.78, 5) is 18.6. The topological polar surface area (TPSA) is 115 Å². The second-order valence-corrected chi connectivity index (χ2v) is 11.2. The summed E-state index contributed by atoms with van der Waals surface area (Å²) >= 11 is 0. The van der Waals surface area contributed by atoms with Crippen LogP contribution < -0.4 is 10.1 Å². The molecule has 10 heteroatoms. The van der Waals surface area contributed by atoms with Crippen LogP contribution in [-0.2, 0) is 9.47 Å². The second-order valence-electron chi connectivity index (χ2n) is 11.2. The minimum absolute atomic E-state index is 0.0712. The summed E-state index contributed by atoms with van der Waals surface area (Å²) in [5, 5.41) is 17.7. The molecule has 2 aliphatic rings. The van der Waals surface area contributed by atoms with Crippen molar-refractivity contribution < 1.29 is 19.0 Å². The molecule has 2 saturated heterocycles. The monoisotopic (exact) mass is 544 g/mol. The van der Waals surface area contributed by atoms with E-state index in [1.165, 1.54) is 0 Å². The third kappa shape index (κ3) is 6.90. The van der Waals surface area contributed by atoms with Gasteiger partial charge in [-0.25, -0.2) is 9.78 Å². The van der Waals surface area contributed by atoms with Gasteiger partial charge >= 0.3 is 6.09 Å². The van der Waals surface area contributed by atoms with Crippen LogP contribution in [0.15, 0.2) is 48.9 Å². The smallest absolute Gasteiger partial charge is 0.410 e. The van der Waals surface area contributed by atoms with Gasteiger partial charge < -0.3 is 24.4 Å². The molecular formula is C30H36N6O4. The van der Waals surface area contributed by atoms with Gasteiger partial charge in [0.25, 0.3) is 0 Å². The molecule has 0 unspecified atom stereocenters. The van der Waals surface area contributed by atoms with E-state index in [0.29, 0.717) is 43.4 Å². The minimum Gasteiger partial charge on any atom is -0.489 e. The normalized spacial score (nSPS) is 16.8. The molecule has 2 aromatic heterocycles. The lowest BCUT2D eigenvalue weighted by Crippen LogP contribution is -2.42. The lowest BCUT2D eigenvalue weighted by Gasteiger charge is -2.33. The first-order chi connectivity index (χ1) is 19.3. The third-order valence-electron chi connectivity index (χ3n) is 7.02. The molecule has 1 N–H and O–H groups in total. The zero-order chi connectivity index (χ0) is 28.1. The lowest BCUT2D eigenvalue weighted by atomic mass is 10.0. The van der Waals surface area contributed by atoms with Crippen molar-refractivity contribution in [2.75, 3.05) is 31.6 Å². The van der Waals surface area contributed by atoms with Gasteiger partial charge in [-0.2, -0.15) is 10.4 Å². The van der Waals surface area contributed by atoms with Crippen LogP contribution in [0.5, 0.6) is 5.75 Å². The van der Waals surface area contributed by atoms with E-state index in [0.717, 1.165) is 42.5 Å². The number of benzene rings is 1. The summed E-state index contributed by atoms with van der Waals surface area (Å²) in [6, 6.07) is 12.0. The quantitative estimate of drug-likeness (QED) is 0.421. The predicted octanol–water partition coefficient (Wildman–Crippen LogP) is 5.69. The fourth-order valence-corrected chi connectivity index (χ4v) is 4.94. The molecule has 4 heterocycles. The molecule has 0 bridgehead atoms. The summed E-state index contributed by atoms with van der Waals surface area (Å²) < 4.78 is 19.0. The van der Waals surface area contributed by atoms with Gasteiger partial charge in [-0.15, -0.1) is 0 Å². The van der Waals surface area contributed by atoms with E-state index in [1.54, 1.807) is 17.3 Å². The number of piperidine rings is 1. The molecule has 2 fully saturated rings. The van der Waals surface area contributed by atoms with Crippen molar-refractivity contribution in [3.63, 3.8) is 0 Å². The van der Waals surface area contributed by atoms with Gasteiger partial charge in [0.2, 0.25) is 0 Å². The Balaban J connectivity index is 1.21. The van der Waals surface area contributed by atoms with Gasteiger partial charge in [-0.3, -0.25) is 4.68 Å². The number of ether oxygens (including phenoxy) is 3. The van der Waals surface area contributed by atoms with Crippen molar-refractivity contribution >= 4 is 17.6 Å². The SMILES string of the molecule is CC(C)(C)OC(=O)N1CCC(n2cc(Nc3cc(-c4ccc(OC5CCOCC5)c(C#N)c4)ccn3)cn2)CC1. The Labute approximate surface area is 234 Å². The molecule has 0 aliphatic carbocycles. The summed E-state index contributed by atoms with van der Waals surface area (Å²) in [5.74, 6) is 1.28. The van der Waals surface area contributed by atoms with Gasteiger partial charge in [0.05, 0.1) is 36.7 Å². The average Bonchev–Trinajstić information content (AvgIpc) is 3.41. The van der Waals surface area contributed by atoms with Crippen molar-refractivity contribution in [1.29, 1.82) is 5.26 Å². The van der Waals surface area contributed by atoms with Gasteiger partial charge in [-0.1, -0.05) is 6.07 Å². The Morgan fingerprint density at radius 3 is 2.58 bits per heavy atom. The highest BCUT2D eigenvalue weighted by Crippen LogP contribution is 2.30. The number of rotatable bonds is 6. The van der Waals surface area contributed by atoms with Crippen LogP contribution in [0.25, 0.3) is 11.1 Å². The van der Waals surface area contributed by atoms with Crippen molar-refractivity contribution in [3.8, 4) is 22.9 Å². The van der Waals surface area contributed by atoms with Gasteiger partial charge in [-0.05, 0) is 69.0 Å². The number of aromatic nitrogens is 3. The van der Waals surface area contributed by atoms with Crippen LogP contribution >= 0.6 is 0 Å². The number of hydrogen-bond acceptors (Lipinski definition) is 8. The minimum atomic E-state index is -0.498. The number of nitrogens with zero attached hydrogens (tertiary/aromatic N) is 5. The first-order valence-corrected chi connectivity index (χ1v) is 13.8. The molecule has 5 rings (SSSR count). The lowest BCUT2D eigenvalue weighted by molar-refractivity contribution is 0.0184.